The van der Waals surface area contributed by atoms with E-state index in [0.717, 1.165) is 25.5 Å². The van der Waals surface area contributed by atoms with Gasteiger partial charge in [-0.2, -0.15) is 4.31 Å². The summed E-state index contributed by atoms with van der Waals surface area (Å²) in [6.45, 7) is 1.32. The van der Waals surface area contributed by atoms with Crippen molar-refractivity contribution in [3.63, 3.8) is 0 Å². The first-order valence-electron chi connectivity index (χ1n) is 6.80. The Morgan fingerprint density at radius 2 is 1.82 bits per heavy atom. The van der Waals surface area contributed by atoms with Gasteiger partial charge in [0.15, 0.2) is 0 Å². The third kappa shape index (κ3) is 3.03. The molecule has 0 aromatic heterocycles. The molecule has 2 aliphatic rings. The summed E-state index contributed by atoms with van der Waals surface area (Å²) in [5, 5.41) is 3.20. The summed E-state index contributed by atoms with van der Waals surface area (Å²) in [5.74, 6) is -1.86. The number of nitrogens with zero attached hydrogens (tertiary/aromatic N) is 1. The first kappa shape index (κ1) is 18.1. The van der Waals surface area contributed by atoms with E-state index >= 15 is 0 Å². The summed E-state index contributed by atoms with van der Waals surface area (Å²) < 4.78 is 54.2. The Bertz CT molecular complexity index is 660. The first-order valence-corrected chi connectivity index (χ1v) is 9.03. The lowest BCUT2D eigenvalue weighted by Gasteiger charge is -2.27. The van der Waals surface area contributed by atoms with E-state index in [4.69, 9.17) is 0 Å². The molecule has 2 saturated heterocycles. The van der Waals surface area contributed by atoms with Gasteiger partial charge in [0.2, 0.25) is 10.0 Å². The van der Waals surface area contributed by atoms with Crippen molar-refractivity contribution in [1.82, 2.24) is 9.62 Å². The van der Waals surface area contributed by atoms with Crippen LogP contribution in [0.3, 0.4) is 0 Å². The number of nitrogens with one attached hydrogen (secondary N) is 1. The maximum Gasteiger partial charge on any atom is 0.246 e. The molecule has 1 aromatic carbocycles. The van der Waals surface area contributed by atoms with E-state index in [1.165, 1.54) is 4.31 Å². The van der Waals surface area contributed by atoms with Gasteiger partial charge in [0, 0.05) is 24.7 Å². The molecule has 4 nitrogen and oxygen atoms in total. The highest BCUT2D eigenvalue weighted by Gasteiger charge is 2.44. The average molecular weight is 418 g/mol. The van der Waals surface area contributed by atoms with Gasteiger partial charge < -0.3 is 5.32 Å². The Balaban J connectivity index is 0.00000176. The van der Waals surface area contributed by atoms with Crippen LogP contribution in [-0.4, -0.2) is 37.9 Å². The Morgan fingerprint density at radius 1 is 1.14 bits per heavy atom. The molecule has 124 valence electrons. The highest BCUT2D eigenvalue weighted by Crippen LogP contribution is 2.35. The van der Waals surface area contributed by atoms with Crippen molar-refractivity contribution in [2.75, 3.05) is 13.1 Å². The highest BCUT2D eigenvalue weighted by molar-refractivity contribution is 9.10. The highest BCUT2D eigenvalue weighted by atomic mass is 79.9. The monoisotopic (exact) mass is 416 g/mol. The van der Waals surface area contributed by atoms with Gasteiger partial charge in [0.25, 0.3) is 0 Å². The number of hydrogen-bond acceptors (Lipinski definition) is 3. The molecule has 22 heavy (non-hydrogen) atoms. The Kier molecular flexibility index (Phi) is 5.49. The van der Waals surface area contributed by atoms with Crippen molar-refractivity contribution in [3.05, 3.63) is 28.2 Å². The smallest absolute Gasteiger partial charge is 0.246 e. The minimum Gasteiger partial charge on any atom is -0.315 e. The molecule has 1 N–H and O–H groups in total. The Morgan fingerprint density at radius 3 is 2.55 bits per heavy atom. The van der Waals surface area contributed by atoms with Crippen LogP contribution in [0, 0.1) is 11.6 Å². The van der Waals surface area contributed by atoms with E-state index < -0.39 is 26.6 Å². The van der Waals surface area contributed by atoms with Crippen LogP contribution in [-0.2, 0) is 10.0 Å². The van der Waals surface area contributed by atoms with Crippen LogP contribution in [0.4, 0.5) is 8.78 Å². The maximum absolute atomic E-state index is 14.0. The van der Waals surface area contributed by atoms with Crippen molar-refractivity contribution in [3.8, 4) is 0 Å². The summed E-state index contributed by atoms with van der Waals surface area (Å²) >= 11 is 2.92. The summed E-state index contributed by atoms with van der Waals surface area (Å²) in [4.78, 5) is -0.463. The molecule has 0 saturated carbocycles. The largest absolute Gasteiger partial charge is 0.315 e. The third-order valence-corrected chi connectivity index (χ3v) is 6.75. The molecular formula is C13H16BrClF2N2O2S. The van der Waals surface area contributed by atoms with Crippen molar-refractivity contribution in [2.45, 2.75) is 36.2 Å². The molecule has 2 bridgehead atoms. The molecule has 9 heteroatoms. The predicted octanol–water partition coefficient (Wildman–Crippen LogP) is 2.66. The predicted molar refractivity (Wildman–Crippen MR) is 84.6 cm³/mol. The molecule has 2 heterocycles. The van der Waals surface area contributed by atoms with Gasteiger partial charge in [-0.15, -0.1) is 12.4 Å². The van der Waals surface area contributed by atoms with Gasteiger partial charge in [-0.05, 0) is 47.8 Å². The van der Waals surface area contributed by atoms with Crippen LogP contribution in [0.2, 0.25) is 0 Å². The Hall–Kier alpha value is -0.280. The van der Waals surface area contributed by atoms with Crippen molar-refractivity contribution >= 4 is 38.4 Å². The third-order valence-electron chi connectivity index (χ3n) is 4.12. The maximum atomic E-state index is 14.0. The number of rotatable bonds is 2. The second kappa shape index (κ2) is 6.68. The number of fused-ring (bicyclic) bond motifs is 2. The van der Waals surface area contributed by atoms with Gasteiger partial charge in [0.05, 0.1) is 4.47 Å². The number of benzene rings is 1. The number of halogens is 4. The van der Waals surface area contributed by atoms with Crippen LogP contribution < -0.4 is 5.32 Å². The van der Waals surface area contributed by atoms with E-state index in [2.05, 4.69) is 21.2 Å². The fourth-order valence-corrected chi connectivity index (χ4v) is 5.62. The zero-order valence-electron chi connectivity index (χ0n) is 11.6. The lowest BCUT2D eigenvalue weighted by atomic mass is 10.1. The fourth-order valence-electron chi connectivity index (χ4n) is 3.15. The molecule has 0 amide bonds. The average Bonchev–Trinajstić information content (AvgIpc) is 2.68. The summed E-state index contributed by atoms with van der Waals surface area (Å²) in [6, 6.07) is 1.34. The minimum absolute atomic E-state index is 0. The first-order chi connectivity index (χ1) is 9.91. The van der Waals surface area contributed by atoms with Crippen LogP contribution >= 0.6 is 28.3 Å². The van der Waals surface area contributed by atoms with Crippen LogP contribution in [0.15, 0.2) is 21.5 Å². The van der Waals surface area contributed by atoms with Gasteiger partial charge in [-0.25, -0.2) is 17.2 Å². The van der Waals surface area contributed by atoms with E-state index in [1.807, 2.05) is 0 Å². The van der Waals surface area contributed by atoms with E-state index in [-0.39, 0.29) is 29.0 Å². The second-order valence-electron chi connectivity index (χ2n) is 5.41. The second-order valence-corrected chi connectivity index (χ2v) is 8.08. The zero-order valence-corrected chi connectivity index (χ0v) is 14.8. The minimum atomic E-state index is -3.97. The van der Waals surface area contributed by atoms with Crippen LogP contribution in [0.1, 0.15) is 19.3 Å². The molecule has 2 fully saturated rings. The molecule has 2 atom stereocenters. The molecule has 0 radical (unpaired) electrons. The van der Waals surface area contributed by atoms with Crippen LogP contribution in [0.5, 0.6) is 0 Å². The normalized spacial score (nSPS) is 25.6. The molecule has 1 aromatic rings. The molecule has 0 spiro atoms. The topological polar surface area (TPSA) is 49.4 Å². The summed E-state index contributed by atoms with van der Waals surface area (Å²) in [5.41, 5.74) is 0. The lowest BCUT2D eigenvalue weighted by molar-refractivity contribution is 0.332. The summed E-state index contributed by atoms with van der Waals surface area (Å²) in [7, 11) is -3.97. The summed E-state index contributed by atoms with van der Waals surface area (Å²) in [6.07, 6.45) is 2.26. The lowest BCUT2D eigenvalue weighted by Crippen LogP contribution is -2.42. The SMILES string of the molecule is Cl.O=S(=O)(c1cc(Br)c(F)cc1F)N1C2CCNCC1CC2. The number of hydrogen-bond donors (Lipinski definition) is 1. The van der Waals surface area contributed by atoms with Crippen LogP contribution in [0.25, 0.3) is 0 Å². The number of sulfonamides is 1. The molecule has 0 aliphatic carbocycles. The molecule has 2 unspecified atom stereocenters. The van der Waals surface area contributed by atoms with Crippen molar-refractivity contribution in [2.24, 2.45) is 0 Å². The van der Waals surface area contributed by atoms with E-state index in [9.17, 15) is 17.2 Å². The zero-order chi connectivity index (χ0) is 15.2. The van der Waals surface area contributed by atoms with Crippen molar-refractivity contribution in [1.29, 1.82) is 0 Å². The quantitative estimate of drug-likeness (QED) is 0.753. The van der Waals surface area contributed by atoms with Gasteiger partial charge in [-0.3, -0.25) is 0 Å². The standard InChI is InChI=1S/C13H15BrF2N2O2S.ClH/c14-10-5-13(12(16)6-11(10)15)21(19,20)18-8-1-2-9(18)7-17-4-3-8;/h5-6,8-9,17H,1-4,7H2;1H. The van der Waals surface area contributed by atoms with Gasteiger partial charge >= 0.3 is 0 Å². The molecule has 3 rings (SSSR count). The van der Waals surface area contributed by atoms with E-state index in [0.29, 0.717) is 19.0 Å². The molecular weight excluding hydrogens is 402 g/mol. The van der Waals surface area contributed by atoms with Gasteiger partial charge in [-0.1, -0.05) is 0 Å². The van der Waals surface area contributed by atoms with E-state index in [1.54, 1.807) is 0 Å². The van der Waals surface area contributed by atoms with Gasteiger partial charge in [0.1, 0.15) is 16.5 Å². The van der Waals surface area contributed by atoms with Crippen molar-refractivity contribution < 1.29 is 17.2 Å². The Labute approximate surface area is 142 Å². The fraction of sp³-hybridized carbons (Fsp3) is 0.538. The molecule has 2 aliphatic heterocycles.